The predicted molar refractivity (Wildman–Crippen MR) is 125 cm³/mol. The number of benzene rings is 2. The second kappa shape index (κ2) is 8.99. The number of anilines is 1. The summed E-state index contributed by atoms with van der Waals surface area (Å²) in [5.74, 6) is -0.0771. The minimum absolute atomic E-state index is 0.142. The highest BCUT2D eigenvalue weighted by atomic mass is 32.2. The molecule has 2 aliphatic heterocycles. The zero-order valence-corrected chi connectivity index (χ0v) is 19.7. The number of ether oxygens (including phenoxy) is 1. The molecule has 9 heteroatoms. The third kappa shape index (κ3) is 4.79. The van der Waals surface area contributed by atoms with E-state index in [4.69, 9.17) is 4.74 Å². The van der Waals surface area contributed by atoms with Gasteiger partial charge in [0.15, 0.2) is 6.10 Å². The van der Waals surface area contributed by atoms with Gasteiger partial charge in [0.05, 0.1) is 10.6 Å². The van der Waals surface area contributed by atoms with Gasteiger partial charge in [-0.1, -0.05) is 29.8 Å². The Morgan fingerprint density at radius 1 is 1.09 bits per heavy atom. The number of piperazine rings is 1. The molecule has 1 fully saturated rings. The molecule has 2 aromatic rings. The Labute approximate surface area is 193 Å². The number of nitrogens with zero attached hydrogens (tertiary/aromatic N) is 2. The van der Waals surface area contributed by atoms with Crippen LogP contribution in [-0.2, 0) is 19.6 Å². The zero-order valence-electron chi connectivity index (χ0n) is 18.9. The first-order chi connectivity index (χ1) is 15.6. The Bertz CT molecular complexity index is 1210. The molecule has 1 N–H and O–H groups in total. The molecule has 1 atom stereocenters. The van der Waals surface area contributed by atoms with E-state index < -0.39 is 16.1 Å². The van der Waals surface area contributed by atoms with E-state index in [9.17, 15) is 18.0 Å². The summed E-state index contributed by atoms with van der Waals surface area (Å²) >= 11 is 0. The summed E-state index contributed by atoms with van der Waals surface area (Å²) in [5, 5.41) is 2.73. The molecule has 0 bridgehead atoms. The molecule has 2 aliphatic rings. The van der Waals surface area contributed by atoms with Crippen LogP contribution in [0.3, 0.4) is 0 Å². The van der Waals surface area contributed by atoms with E-state index in [1.165, 1.54) is 16.4 Å². The number of aryl methyl sites for hydroxylation is 2. The van der Waals surface area contributed by atoms with Crippen molar-refractivity contribution in [3.05, 3.63) is 59.2 Å². The molecule has 1 unspecified atom stereocenters. The van der Waals surface area contributed by atoms with E-state index in [1.54, 1.807) is 30.9 Å². The van der Waals surface area contributed by atoms with Gasteiger partial charge in [0, 0.05) is 38.3 Å². The van der Waals surface area contributed by atoms with Crippen LogP contribution in [0.4, 0.5) is 5.69 Å². The highest BCUT2D eigenvalue weighted by molar-refractivity contribution is 7.89. The van der Waals surface area contributed by atoms with Crippen molar-refractivity contribution in [3.63, 3.8) is 0 Å². The van der Waals surface area contributed by atoms with E-state index >= 15 is 0 Å². The van der Waals surface area contributed by atoms with Gasteiger partial charge in [-0.15, -0.1) is 0 Å². The number of amides is 2. The molecule has 0 saturated carbocycles. The molecule has 0 radical (unpaired) electrons. The molecule has 2 amide bonds. The fraction of sp³-hybridized carbons (Fsp3) is 0.333. The second-order valence-corrected chi connectivity index (χ2v) is 10.2. The lowest BCUT2D eigenvalue weighted by Crippen LogP contribution is -2.50. The number of nitrogens with one attached hydrogen (secondary N) is 1. The van der Waals surface area contributed by atoms with Crippen molar-refractivity contribution in [1.82, 2.24) is 9.21 Å². The first-order valence-corrected chi connectivity index (χ1v) is 12.2. The Kier molecular flexibility index (Phi) is 6.27. The van der Waals surface area contributed by atoms with Gasteiger partial charge in [0.2, 0.25) is 15.9 Å². The molecule has 1 saturated heterocycles. The minimum atomic E-state index is -3.78. The topological polar surface area (TPSA) is 96.0 Å². The summed E-state index contributed by atoms with van der Waals surface area (Å²) < 4.78 is 33.6. The number of fused-ring (bicyclic) bond motifs is 1. The van der Waals surface area contributed by atoms with E-state index in [1.807, 2.05) is 31.2 Å². The smallest absolute Gasteiger partial charge is 0.265 e. The number of hydrogen-bond acceptors (Lipinski definition) is 5. The lowest BCUT2D eigenvalue weighted by atomic mass is 10.1. The fourth-order valence-electron chi connectivity index (χ4n) is 3.86. The summed E-state index contributed by atoms with van der Waals surface area (Å²) in [6.07, 6.45) is 2.59. The lowest BCUT2D eigenvalue weighted by Gasteiger charge is -2.34. The van der Waals surface area contributed by atoms with Gasteiger partial charge in [0.25, 0.3) is 5.91 Å². The van der Waals surface area contributed by atoms with Crippen LogP contribution in [0.5, 0.6) is 5.75 Å². The van der Waals surface area contributed by atoms with Crippen LogP contribution in [0, 0.1) is 13.8 Å². The molecule has 4 rings (SSSR count). The number of carbonyl (C=O) groups is 2. The van der Waals surface area contributed by atoms with Crippen LogP contribution in [0.1, 0.15) is 23.6 Å². The first kappa shape index (κ1) is 23.0. The lowest BCUT2D eigenvalue weighted by molar-refractivity contribution is -0.127. The maximum Gasteiger partial charge on any atom is 0.265 e. The van der Waals surface area contributed by atoms with Gasteiger partial charge in [-0.05, 0) is 44.0 Å². The fourth-order valence-corrected chi connectivity index (χ4v) is 5.50. The Morgan fingerprint density at radius 3 is 2.42 bits per heavy atom. The van der Waals surface area contributed by atoms with Gasteiger partial charge >= 0.3 is 0 Å². The Morgan fingerprint density at radius 2 is 1.76 bits per heavy atom. The molecular weight excluding hydrogens is 442 g/mol. The van der Waals surface area contributed by atoms with Crippen LogP contribution in [-0.4, -0.2) is 61.7 Å². The maximum absolute atomic E-state index is 13.3. The average Bonchev–Trinajstić information content (AvgIpc) is 2.79. The van der Waals surface area contributed by atoms with Crippen molar-refractivity contribution in [2.45, 2.75) is 31.8 Å². The highest BCUT2D eigenvalue weighted by Gasteiger charge is 2.33. The Balaban J connectivity index is 1.44. The number of rotatable bonds is 4. The van der Waals surface area contributed by atoms with Gasteiger partial charge in [0.1, 0.15) is 5.75 Å². The number of hydrogen-bond donors (Lipinski definition) is 1. The standard InChI is InChI=1S/C24H27N3O5S/c1-16-4-6-19(7-5-16)8-9-23(28)26-10-12-27(13-11-26)33(30,31)22-15-21-20(14-17(22)2)25-24(29)18(3)32-21/h4-9,14-15,18H,10-13H2,1-3H3,(H,25,29)/b9-8+. The largest absolute Gasteiger partial charge is 0.479 e. The number of sulfonamides is 1. The van der Waals surface area contributed by atoms with E-state index in [-0.39, 0.29) is 29.8 Å². The molecule has 174 valence electrons. The van der Waals surface area contributed by atoms with E-state index in [2.05, 4.69) is 5.32 Å². The quantitative estimate of drug-likeness (QED) is 0.695. The van der Waals surface area contributed by atoms with Crippen molar-refractivity contribution in [3.8, 4) is 5.75 Å². The van der Waals surface area contributed by atoms with Crippen LogP contribution < -0.4 is 10.1 Å². The normalized spacial score (nSPS) is 19.2. The van der Waals surface area contributed by atoms with Gasteiger partial charge in [-0.25, -0.2) is 8.42 Å². The van der Waals surface area contributed by atoms with Crippen LogP contribution >= 0.6 is 0 Å². The minimum Gasteiger partial charge on any atom is -0.479 e. The average molecular weight is 470 g/mol. The van der Waals surface area contributed by atoms with Gasteiger partial charge in [-0.3, -0.25) is 9.59 Å². The summed E-state index contributed by atoms with van der Waals surface area (Å²) in [6, 6.07) is 10.9. The zero-order chi connectivity index (χ0) is 23.8. The monoisotopic (exact) mass is 469 g/mol. The number of carbonyl (C=O) groups excluding carboxylic acids is 2. The van der Waals surface area contributed by atoms with Crippen LogP contribution in [0.2, 0.25) is 0 Å². The van der Waals surface area contributed by atoms with Crippen molar-refractivity contribution in [2.24, 2.45) is 0 Å². The van der Waals surface area contributed by atoms with Crippen molar-refractivity contribution < 1.29 is 22.7 Å². The molecule has 33 heavy (non-hydrogen) atoms. The second-order valence-electron chi connectivity index (χ2n) is 8.34. The summed E-state index contributed by atoms with van der Waals surface area (Å²) in [5.41, 5.74) is 3.07. The maximum atomic E-state index is 13.3. The molecule has 2 heterocycles. The predicted octanol–water partition coefficient (Wildman–Crippen LogP) is 2.57. The third-order valence-corrected chi connectivity index (χ3v) is 7.91. The summed E-state index contributed by atoms with van der Waals surface area (Å²) in [6.45, 7) is 6.33. The SMILES string of the molecule is Cc1ccc(/C=C/C(=O)N2CCN(S(=O)(=O)c3cc4c(cc3C)NC(=O)C(C)O4)CC2)cc1. The van der Waals surface area contributed by atoms with Crippen molar-refractivity contribution >= 4 is 33.6 Å². The van der Waals surface area contributed by atoms with Crippen molar-refractivity contribution in [2.75, 3.05) is 31.5 Å². The molecular formula is C24H27N3O5S. The van der Waals surface area contributed by atoms with Crippen LogP contribution in [0.25, 0.3) is 6.08 Å². The van der Waals surface area contributed by atoms with Crippen molar-refractivity contribution in [1.29, 1.82) is 0 Å². The highest BCUT2D eigenvalue weighted by Crippen LogP contribution is 2.35. The first-order valence-electron chi connectivity index (χ1n) is 10.8. The Hall–Kier alpha value is -3.17. The summed E-state index contributed by atoms with van der Waals surface area (Å²) in [7, 11) is -3.78. The van der Waals surface area contributed by atoms with E-state index in [0.717, 1.165) is 11.1 Å². The van der Waals surface area contributed by atoms with Crippen LogP contribution in [0.15, 0.2) is 47.4 Å². The van der Waals surface area contributed by atoms with Gasteiger partial charge < -0.3 is 15.0 Å². The summed E-state index contributed by atoms with van der Waals surface area (Å²) in [4.78, 5) is 26.2. The molecule has 0 aromatic heterocycles. The molecule has 0 spiro atoms. The van der Waals surface area contributed by atoms with E-state index in [0.29, 0.717) is 30.1 Å². The molecule has 2 aromatic carbocycles. The third-order valence-electron chi connectivity index (χ3n) is 5.87. The van der Waals surface area contributed by atoms with Gasteiger partial charge in [-0.2, -0.15) is 4.31 Å². The molecule has 8 nitrogen and oxygen atoms in total. The molecule has 0 aliphatic carbocycles.